The van der Waals surface area contributed by atoms with Gasteiger partial charge < -0.3 is 5.32 Å². The molecule has 0 radical (unpaired) electrons. The molecule has 0 saturated heterocycles. The van der Waals surface area contributed by atoms with Crippen molar-refractivity contribution in [2.24, 2.45) is 5.92 Å². The summed E-state index contributed by atoms with van der Waals surface area (Å²) in [5.74, 6) is -0.238. The molecular formula is C16H23F2N. The summed E-state index contributed by atoms with van der Waals surface area (Å²) in [5.41, 5.74) is 0.523. The van der Waals surface area contributed by atoms with Crippen LogP contribution in [0, 0.1) is 17.6 Å². The van der Waals surface area contributed by atoms with E-state index in [4.69, 9.17) is 0 Å². The maximum atomic E-state index is 14.1. The minimum absolute atomic E-state index is 0.150. The smallest absolute Gasteiger partial charge is 0.129 e. The molecule has 1 saturated carbocycles. The van der Waals surface area contributed by atoms with Crippen LogP contribution in [-0.4, -0.2) is 12.6 Å². The highest BCUT2D eigenvalue weighted by molar-refractivity contribution is 5.31. The molecule has 1 nitrogen and oxygen atoms in total. The van der Waals surface area contributed by atoms with Crippen LogP contribution < -0.4 is 5.32 Å². The highest BCUT2D eigenvalue weighted by atomic mass is 19.1. The number of nitrogens with one attached hydrogen (secondary N) is 1. The first-order chi connectivity index (χ1) is 8.97. The summed E-state index contributed by atoms with van der Waals surface area (Å²) < 4.78 is 27.1. The molecular weight excluding hydrogens is 244 g/mol. The lowest BCUT2D eigenvalue weighted by molar-refractivity contribution is 0.127. The van der Waals surface area contributed by atoms with Gasteiger partial charge in [0.15, 0.2) is 0 Å². The summed E-state index contributed by atoms with van der Waals surface area (Å²) in [6.07, 6.45) is 3.11. The third-order valence-corrected chi connectivity index (χ3v) is 4.29. The third kappa shape index (κ3) is 2.97. The Bertz CT molecular complexity index is 436. The van der Waals surface area contributed by atoms with Gasteiger partial charge in [-0.25, -0.2) is 8.78 Å². The van der Waals surface area contributed by atoms with E-state index in [2.05, 4.69) is 26.1 Å². The molecule has 0 aliphatic heterocycles. The SMILES string of the molecule is CCC1CC(CNC(C)C)(c2ccc(F)cc2F)C1. The number of benzene rings is 1. The van der Waals surface area contributed by atoms with E-state index in [1.165, 1.54) is 6.07 Å². The Hall–Kier alpha value is -0.960. The van der Waals surface area contributed by atoms with Crippen molar-refractivity contribution >= 4 is 0 Å². The second kappa shape index (κ2) is 5.58. The fourth-order valence-electron chi connectivity index (χ4n) is 3.11. The Labute approximate surface area is 114 Å². The fourth-order valence-corrected chi connectivity index (χ4v) is 3.11. The first-order valence-corrected chi connectivity index (χ1v) is 7.16. The molecule has 19 heavy (non-hydrogen) atoms. The van der Waals surface area contributed by atoms with E-state index >= 15 is 0 Å². The number of rotatable bonds is 5. The van der Waals surface area contributed by atoms with Crippen LogP contribution in [0.1, 0.15) is 45.6 Å². The Balaban J connectivity index is 2.23. The molecule has 0 aromatic heterocycles. The van der Waals surface area contributed by atoms with Gasteiger partial charge in [-0.2, -0.15) is 0 Å². The average molecular weight is 267 g/mol. The van der Waals surface area contributed by atoms with E-state index in [-0.39, 0.29) is 5.41 Å². The van der Waals surface area contributed by atoms with Crippen LogP contribution in [0.4, 0.5) is 8.78 Å². The molecule has 1 fully saturated rings. The van der Waals surface area contributed by atoms with Gasteiger partial charge in [0.25, 0.3) is 0 Å². The molecule has 0 bridgehead atoms. The van der Waals surface area contributed by atoms with Crippen LogP contribution in [0.15, 0.2) is 18.2 Å². The molecule has 2 rings (SSSR count). The molecule has 0 amide bonds. The largest absolute Gasteiger partial charge is 0.314 e. The molecule has 0 heterocycles. The first kappa shape index (κ1) is 14.4. The van der Waals surface area contributed by atoms with Crippen molar-refractivity contribution in [2.45, 2.75) is 51.5 Å². The Morgan fingerprint density at radius 2 is 2.00 bits per heavy atom. The van der Waals surface area contributed by atoms with Crippen molar-refractivity contribution in [2.75, 3.05) is 6.54 Å². The maximum Gasteiger partial charge on any atom is 0.129 e. The first-order valence-electron chi connectivity index (χ1n) is 7.16. The topological polar surface area (TPSA) is 12.0 Å². The molecule has 0 spiro atoms. The summed E-state index contributed by atoms with van der Waals surface area (Å²) in [4.78, 5) is 0. The molecule has 1 aliphatic carbocycles. The van der Waals surface area contributed by atoms with Gasteiger partial charge in [-0.15, -0.1) is 0 Å². The van der Waals surface area contributed by atoms with Crippen molar-refractivity contribution in [3.05, 3.63) is 35.4 Å². The van der Waals surface area contributed by atoms with Crippen molar-refractivity contribution in [1.82, 2.24) is 5.32 Å². The minimum atomic E-state index is -0.500. The van der Waals surface area contributed by atoms with E-state index in [9.17, 15) is 8.78 Å². The van der Waals surface area contributed by atoms with Crippen LogP contribution in [0.5, 0.6) is 0 Å². The summed E-state index contributed by atoms with van der Waals surface area (Å²) >= 11 is 0. The van der Waals surface area contributed by atoms with Gasteiger partial charge in [-0.05, 0) is 30.4 Å². The molecule has 1 aromatic carbocycles. The molecule has 106 valence electrons. The molecule has 1 aliphatic rings. The van der Waals surface area contributed by atoms with E-state index in [0.717, 1.165) is 31.9 Å². The van der Waals surface area contributed by atoms with E-state index < -0.39 is 11.6 Å². The maximum absolute atomic E-state index is 14.1. The lowest BCUT2D eigenvalue weighted by Crippen LogP contribution is -2.50. The van der Waals surface area contributed by atoms with E-state index in [0.29, 0.717) is 17.5 Å². The van der Waals surface area contributed by atoms with Gasteiger partial charge in [0.2, 0.25) is 0 Å². The van der Waals surface area contributed by atoms with Crippen LogP contribution in [0.3, 0.4) is 0 Å². The van der Waals surface area contributed by atoms with Gasteiger partial charge in [0.05, 0.1) is 0 Å². The number of halogens is 2. The number of hydrogen-bond donors (Lipinski definition) is 1. The molecule has 3 heteroatoms. The molecule has 1 aromatic rings. The lowest BCUT2D eigenvalue weighted by atomic mass is 9.57. The fraction of sp³-hybridized carbons (Fsp3) is 0.625. The van der Waals surface area contributed by atoms with Gasteiger partial charge in [-0.3, -0.25) is 0 Å². The second-order valence-corrected chi connectivity index (χ2v) is 6.12. The van der Waals surface area contributed by atoms with Crippen LogP contribution in [0.25, 0.3) is 0 Å². The van der Waals surface area contributed by atoms with Crippen LogP contribution in [-0.2, 0) is 5.41 Å². The normalized spacial score (nSPS) is 26.5. The number of hydrogen-bond acceptors (Lipinski definition) is 1. The quantitative estimate of drug-likeness (QED) is 0.849. The zero-order valence-electron chi connectivity index (χ0n) is 12.0. The highest BCUT2D eigenvalue weighted by Crippen LogP contribution is 2.49. The van der Waals surface area contributed by atoms with Gasteiger partial charge >= 0.3 is 0 Å². The van der Waals surface area contributed by atoms with Crippen molar-refractivity contribution in [1.29, 1.82) is 0 Å². The van der Waals surface area contributed by atoms with Gasteiger partial charge in [-0.1, -0.05) is 33.3 Å². The standard InChI is InChI=1S/C16H23F2N/c1-4-12-8-16(9-12,10-19-11(2)3)14-6-5-13(17)7-15(14)18/h5-7,11-12,19H,4,8-10H2,1-3H3. The second-order valence-electron chi connectivity index (χ2n) is 6.12. The van der Waals surface area contributed by atoms with E-state index in [1.54, 1.807) is 6.07 Å². The van der Waals surface area contributed by atoms with Gasteiger partial charge in [0, 0.05) is 24.1 Å². The average Bonchev–Trinajstić information content (AvgIpc) is 2.29. The predicted molar refractivity (Wildman–Crippen MR) is 74.2 cm³/mol. The summed E-state index contributed by atoms with van der Waals surface area (Å²) in [7, 11) is 0. The summed E-state index contributed by atoms with van der Waals surface area (Å²) in [6, 6.07) is 4.38. The Kier molecular flexibility index (Phi) is 4.24. The zero-order chi connectivity index (χ0) is 14.0. The van der Waals surface area contributed by atoms with E-state index in [1.807, 2.05) is 0 Å². The van der Waals surface area contributed by atoms with Crippen molar-refractivity contribution < 1.29 is 8.78 Å². The summed E-state index contributed by atoms with van der Waals surface area (Å²) in [5, 5.41) is 3.41. The predicted octanol–water partition coefficient (Wildman–Crippen LogP) is 4.02. The summed E-state index contributed by atoms with van der Waals surface area (Å²) in [6.45, 7) is 7.12. The lowest BCUT2D eigenvalue weighted by Gasteiger charge is -2.49. The molecule has 1 N–H and O–H groups in total. The molecule has 0 atom stereocenters. The third-order valence-electron chi connectivity index (χ3n) is 4.29. The van der Waals surface area contributed by atoms with Crippen LogP contribution >= 0.6 is 0 Å². The Morgan fingerprint density at radius 1 is 1.32 bits per heavy atom. The minimum Gasteiger partial charge on any atom is -0.314 e. The molecule has 0 unspecified atom stereocenters. The Morgan fingerprint density at radius 3 is 2.53 bits per heavy atom. The van der Waals surface area contributed by atoms with Crippen molar-refractivity contribution in [3.8, 4) is 0 Å². The van der Waals surface area contributed by atoms with Gasteiger partial charge in [0.1, 0.15) is 11.6 Å². The van der Waals surface area contributed by atoms with Crippen molar-refractivity contribution in [3.63, 3.8) is 0 Å². The zero-order valence-corrected chi connectivity index (χ0v) is 12.0. The highest BCUT2D eigenvalue weighted by Gasteiger charge is 2.45. The monoisotopic (exact) mass is 267 g/mol. The van der Waals surface area contributed by atoms with Crippen LogP contribution in [0.2, 0.25) is 0 Å².